The van der Waals surface area contributed by atoms with Gasteiger partial charge in [0.05, 0.1) is 0 Å². The third-order valence-corrected chi connectivity index (χ3v) is 9.55. The molecule has 1 heterocycles. The number of nitrogens with zero attached hydrogens (tertiary/aromatic N) is 2. The van der Waals surface area contributed by atoms with E-state index >= 15 is 0 Å². The van der Waals surface area contributed by atoms with Gasteiger partial charge in [-0.1, -0.05) is 13.8 Å². The van der Waals surface area contributed by atoms with Crippen LogP contribution in [-0.4, -0.2) is 58.0 Å². The molecule has 0 saturated carbocycles. The minimum absolute atomic E-state index is 0.592. The molecule has 0 aliphatic carbocycles. The van der Waals surface area contributed by atoms with E-state index in [9.17, 15) is 43.2 Å². The van der Waals surface area contributed by atoms with E-state index in [4.69, 9.17) is 13.3 Å². The molecule has 33 heavy (non-hydrogen) atoms. The van der Waals surface area contributed by atoms with Crippen molar-refractivity contribution in [1.29, 1.82) is 0 Å². The van der Waals surface area contributed by atoms with Gasteiger partial charge in [0.2, 0.25) is 6.17 Å². The van der Waals surface area contributed by atoms with Crippen molar-refractivity contribution in [2.75, 3.05) is 21.3 Å². The zero-order valence-corrected chi connectivity index (χ0v) is 20.8. The van der Waals surface area contributed by atoms with Crippen LogP contribution in [0.15, 0.2) is 24.5 Å². The molecule has 0 bridgehead atoms. The Morgan fingerprint density at radius 3 is 1.55 bits per heavy atom. The van der Waals surface area contributed by atoms with Crippen LogP contribution >= 0.6 is 0 Å². The number of alkyl halides is 6. The van der Waals surface area contributed by atoms with Crippen LogP contribution in [0, 0.1) is 0 Å². The van der Waals surface area contributed by atoms with E-state index in [1.54, 1.807) is 21.3 Å². The first-order valence-electron chi connectivity index (χ1n) is 8.82. The minimum Gasteiger partial charge on any atom is -0.421 e. The average Bonchev–Trinajstić information content (AvgIpc) is 2.70. The molecule has 194 valence electrons. The monoisotopic (exact) mass is 550 g/mol. The Labute approximate surface area is 189 Å². The summed E-state index contributed by atoms with van der Waals surface area (Å²) < 4.78 is 127. The lowest BCUT2D eigenvalue weighted by atomic mass is 10.0. The Balaban J connectivity index is 0.000000633. The van der Waals surface area contributed by atoms with Crippen LogP contribution in [0.2, 0.25) is 0 Å². The maximum atomic E-state index is 11.4. The van der Waals surface area contributed by atoms with E-state index in [1.807, 2.05) is 0 Å². The molecule has 0 aliphatic rings. The normalized spacial score (nSPS) is 14.4. The Morgan fingerprint density at radius 2 is 1.27 bits per heavy atom. The van der Waals surface area contributed by atoms with Crippen molar-refractivity contribution in [1.82, 2.24) is 0 Å². The smallest absolute Gasteiger partial charge is 0.421 e. The summed E-state index contributed by atoms with van der Waals surface area (Å²) in [4.78, 5) is 0. The Bertz CT molecular complexity index is 900. The van der Waals surface area contributed by atoms with Crippen LogP contribution in [0.25, 0.3) is 4.13 Å². The molecule has 1 rings (SSSR count). The molecule has 0 aromatic carbocycles. The van der Waals surface area contributed by atoms with E-state index in [2.05, 4.69) is 42.9 Å². The summed E-state index contributed by atoms with van der Waals surface area (Å²) in [6, 6.07) is 4.29. The zero-order chi connectivity index (χ0) is 26.3. The fourth-order valence-corrected chi connectivity index (χ4v) is 5.27. The van der Waals surface area contributed by atoms with Crippen molar-refractivity contribution in [2.45, 2.75) is 43.4 Å². The molecule has 0 radical (unpaired) electrons. The molecule has 0 spiro atoms. The maximum absolute atomic E-state index is 11.4. The maximum Gasteiger partial charge on any atom is 0.569 e. The van der Waals surface area contributed by atoms with E-state index in [0.717, 1.165) is 10.5 Å². The predicted molar refractivity (Wildman–Crippen MR) is 105 cm³/mol. The SMILES string of the molecule is CCC(C)c1cc[n+](C[Si](OC)(OC)OC)cc1.O=S(=O)([N-]S(=O)(=O)C(F)(F)F)C(F)(F)F. The van der Waals surface area contributed by atoms with Gasteiger partial charge in [-0.3, -0.25) is 0 Å². The number of rotatable bonds is 9. The zero-order valence-electron chi connectivity index (χ0n) is 18.1. The Kier molecular flexibility index (Phi) is 11.4. The molecule has 1 aromatic heterocycles. The van der Waals surface area contributed by atoms with Gasteiger partial charge in [0, 0.05) is 33.5 Å². The average molecular weight is 551 g/mol. The largest absolute Gasteiger partial charge is 0.569 e. The van der Waals surface area contributed by atoms with E-state index < -0.39 is 39.9 Å². The van der Waals surface area contributed by atoms with Crippen LogP contribution in [0.5, 0.6) is 0 Å². The van der Waals surface area contributed by atoms with E-state index in [1.165, 1.54) is 5.56 Å². The van der Waals surface area contributed by atoms with Gasteiger partial charge < -0.3 is 17.4 Å². The molecule has 9 nitrogen and oxygen atoms in total. The number of halogens is 6. The molecule has 0 aliphatic heterocycles. The summed E-state index contributed by atoms with van der Waals surface area (Å²) >= 11 is 0. The van der Waals surface area contributed by atoms with Crippen molar-refractivity contribution in [2.24, 2.45) is 0 Å². The van der Waals surface area contributed by atoms with Gasteiger partial charge in [0.15, 0.2) is 32.4 Å². The molecular formula is C15H24F6N2O7S2Si. The lowest BCUT2D eigenvalue weighted by Crippen LogP contribution is -2.56. The summed E-state index contributed by atoms with van der Waals surface area (Å²) in [6.07, 6.45) is 5.88. The second kappa shape index (κ2) is 11.9. The first-order chi connectivity index (χ1) is 14.8. The van der Waals surface area contributed by atoms with E-state index in [-0.39, 0.29) is 0 Å². The van der Waals surface area contributed by atoms with Gasteiger partial charge in [0.1, 0.15) is 0 Å². The third kappa shape index (κ3) is 9.10. The van der Waals surface area contributed by atoms with Crippen molar-refractivity contribution in [3.8, 4) is 0 Å². The van der Waals surface area contributed by atoms with Crippen molar-refractivity contribution < 1.29 is 61.0 Å². The van der Waals surface area contributed by atoms with Gasteiger partial charge in [-0.15, -0.1) is 0 Å². The van der Waals surface area contributed by atoms with Crippen LogP contribution in [0.4, 0.5) is 26.3 Å². The summed E-state index contributed by atoms with van der Waals surface area (Å²) in [5.74, 6) is 0.592. The van der Waals surface area contributed by atoms with Gasteiger partial charge in [0.25, 0.3) is 0 Å². The topological polar surface area (TPSA) is 114 Å². The highest BCUT2D eigenvalue weighted by Gasteiger charge is 2.47. The molecule has 1 aromatic rings. The van der Waals surface area contributed by atoms with Gasteiger partial charge in [-0.2, -0.15) is 26.3 Å². The summed E-state index contributed by atoms with van der Waals surface area (Å²) in [5.41, 5.74) is -11.1. The molecular weight excluding hydrogens is 526 g/mol. The molecule has 18 heteroatoms. The summed E-state index contributed by atoms with van der Waals surface area (Å²) in [5, 5.41) is 0. The molecule has 1 atom stereocenters. The van der Waals surface area contributed by atoms with Crippen molar-refractivity contribution >= 4 is 28.9 Å². The standard InChI is InChI=1S/C13H24NO3Si.C2F6NO4S2/c1-6-12(2)13-7-9-14(10-8-13)11-18(15-3,16-4)17-5;3-1(4,5)14(10,11)9-15(12,13)2(6,7)8/h7-10,12H,6,11H2,1-5H3;/q+1;-1. The van der Waals surface area contributed by atoms with Crippen molar-refractivity contribution in [3.63, 3.8) is 0 Å². The Hall–Kier alpha value is -1.31. The molecule has 0 fully saturated rings. The third-order valence-electron chi connectivity index (χ3n) is 4.19. The molecule has 0 saturated heterocycles. The first-order valence-corrected chi connectivity index (χ1v) is 13.6. The lowest BCUT2D eigenvalue weighted by Gasteiger charge is -2.22. The fraction of sp³-hybridized carbons (Fsp3) is 0.667. The number of sulfonamides is 2. The number of hydrogen-bond acceptors (Lipinski definition) is 7. The molecule has 1 unspecified atom stereocenters. The first kappa shape index (κ1) is 31.7. The quantitative estimate of drug-likeness (QED) is 0.264. The lowest BCUT2D eigenvalue weighted by molar-refractivity contribution is -0.685. The second-order valence-electron chi connectivity index (χ2n) is 6.32. The van der Waals surface area contributed by atoms with Gasteiger partial charge in [-0.25, -0.2) is 21.4 Å². The van der Waals surface area contributed by atoms with Crippen LogP contribution < -0.4 is 4.57 Å². The highest BCUT2D eigenvalue weighted by Crippen LogP contribution is 2.36. The number of hydrogen-bond donors (Lipinski definition) is 0. The summed E-state index contributed by atoms with van der Waals surface area (Å²) in [6.45, 7) is 4.43. The predicted octanol–water partition coefficient (Wildman–Crippen LogP) is 2.96. The highest BCUT2D eigenvalue weighted by atomic mass is 32.3. The fourth-order valence-electron chi connectivity index (χ4n) is 2.02. The molecule has 0 amide bonds. The van der Waals surface area contributed by atoms with Crippen LogP contribution in [0.3, 0.4) is 0 Å². The van der Waals surface area contributed by atoms with E-state index in [0.29, 0.717) is 12.1 Å². The summed E-state index contributed by atoms with van der Waals surface area (Å²) in [7, 11) is -11.1. The number of pyridine rings is 1. The van der Waals surface area contributed by atoms with Gasteiger partial charge >= 0.3 is 19.8 Å². The number of aromatic nitrogens is 1. The van der Waals surface area contributed by atoms with Crippen LogP contribution in [-0.2, 0) is 39.5 Å². The molecule has 0 N–H and O–H groups in total. The van der Waals surface area contributed by atoms with Crippen molar-refractivity contribution in [3.05, 3.63) is 34.2 Å². The second-order valence-corrected chi connectivity index (χ2v) is 12.7. The Morgan fingerprint density at radius 1 is 0.909 bits per heavy atom. The highest BCUT2D eigenvalue weighted by molar-refractivity contribution is 8.13. The minimum atomic E-state index is -6.72. The van der Waals surface area contributed by atoms with Crippen LogP contribution in [0.1, 0.15) is 31.7 Å². The van der Waals surface area contributed by atoms with Gasteiger partial charge in [-0.05, 0) is 17.9 Å².